The zero-order valence-corrected chi connectivity index (χ0v) is 23.7. The van der Waals surface area contributed by atoms with Crippen LogP contribution in [0.25, 0.3) is 99.5 Å². The van der Waals surface area contributed by atoms with Crippen molar-refractivity contribution in [3.05, 3.63) is 128 Å². The van der Waals surface area contributed by atoms with Crippen LogP contribution in [-0.4, -0.2) is 15.0 Å². The van der Waals surface area contributed by atoms with Gasteiger partial charge in [0.15, 0.2) is 11.2 Å². The Labute approximate surface area is 255 Å². The van der Waals surface area contributed by atoms with Crippen molar-refractivity contribution < 1.29 is 13.3 Å². The molecule has 0 N–H and O–H groups in total. The summed E-state index contributed by atoms with van der Waals surface area (Å²) in [5, 5.41) is 4.12. The van der Waals surface area contributed by atoms with Gasteiger partial charge < -0.3 is 13.3 Å². The quantitative estimate of drug-likeness (QED) is 0.207. The van der Waals surface area contributed by atoms with Gasteiger partial charge >= 0.3 is 0 Å². The van der Waals surface area contributed by atoms with Crippen LogP contribution in [0, 0.1) is 0 Å². The third-order valence-corrected chi connectivity index (χ3v) is 8.66. The van der Waals surface area contributed by atoms with Crippen LogP contribution in [-0.2, 0) is 0 Å². The van der Waals surface area contributed by atoms with Gasteiger partial charge in [-0.25, -0.2) is 0 Å². The molecule has 0 atom stereocenters. The highest BCUT2D eigenvalue weighted by molar-refractivity contribution is 6.09. The first-order valence-corrected chi connectivity index (χ1v) is 14.7. The van der Waals surface area contributed by atoms with E-state index in [1.807, 2.05) is 60.9 Å². The van der Waals surface area contributed by atoms with Crippen molar-refractivity contribution in [1.29, 1.82) is 0 Å². The molecule has 45 heavy (non-hydrogen) atoms. The van der Waals surface area contributed by atoms with Crippen LogP contribution in [0.3, 0.4) is 0 Å². The van der Waals surface area contributed by atoms with E-state index in [4.69, 9.17) is 13.3 Å². The van der Waals surface area contributed by atoms with E-state index in [2.05, 4.69) is 69.5 Å². The zero-order chi connectivity index (χ0) is 29.5. The number of hydrogen-bond acceptors (Lipinski definition) is 6. The lowest BCUT2D eigenvalue weighted by Gasteiger charge is -2.06. The average Bonchev–Trinajstić information content (AvgIpc) is 3.78. The maximum Gasteiger partial charge on any atom is 0.153 e. The van der Waals surface area contributed by atoms with Crippen molar-refractivity contribution in [3.63, 3.8) is 0 Å². The number of rotatable bonds is 3. The summed E-state index contributed by atoms with van der Waals surface area (Å²) in [6.07, 6.45) is 7.40. The van der Waals surface area contributed by atoms with Gasteiger partial charge in [0, 0.05) is 57.5 Å². The molecule has 6 nitrogen and oxygen atoms in total. The molecule has 10 rings (SSSR count). The number of fused-ring (bicyclic) bond motifs is 9. The van der Waals surface area contributed by atoms with E-state index < -0.39 is 0 Å². The fourth-order valence-electron chi connectivity index (χ4n) is 6.45. The summed E-state index contributed by atoms with van der Waals surface area (Å²) in [6, 6.07) is 35.0. The fourth-order valence-corrected chi connectivity index (χ4v) is 6.45. The minimum absolute atomic E-state index is 0.785. The Morgan fingerprint density at radius 1 is 0.356 bits per heavy atom. The van der Waals surface area contributed by atoms with Gasteiger partial charge in [0.2, 0.25) is 0 Å². The number of aromatic nitrogens is 3. The Morgan fingerprint density at radius 3 is 1.24 bits per heavy atom. The van der Waals surface area contributed by atoms with Gasteiger partial charge in [0.1, 0.15) is 33.4 Å². The largest absolute Gasteiger partial charge is 0.456 e. The minimum atomic E-state index is 0.785. The second kappa shape index (κ2) is 9.11. The van der Waals surface area contributed by atoms with E-state index in [1.54, 1.807) is 12.4 Å². The summed E-state index contributed by atoms with van der Waals surface area (Å²) in [5.74, 6) is 0. The normalized spacial score (nSPS) is 12.0. The smallest absolute Gasteiger partial charge is 0.153 e. The molecule has 0 saturated carbocycles. The first-order valence-electron chi connectivity index (χ1n) is 14.7. The monoisotopic (exact) mass is 579 g/mol. The van der Waals surface area contributed by atoms with Crippen LogP contribution in [0.4, 0.5) is 0 Å². The van der Waals surface area contributed by atoms with Crippen LogP contribution in [0.1, 0.15) is 0 Å². The summed E-state index contributed by atoms with van der Waals surface area (Å²) in [4.78, 5) is 13.7. The highest BCUT2D eigenvalue weighted by Gasteiger charge is 2.14. The SMILES string of the molecule is c1cnc2c(c1)oc1ccc(-c3cncc(-c4ccc5oc6ccc(-c7ccc8oc9cccnc9c8c7)cc6c5c4)c3)cc12. The van der Waals surface area contributed by atoms with Crippen LogP contribution in [0.5, 0.6) is 0 Å². The van der Waals surface area contributed by atoms with Gasteiger partial charge in [0.25, 0.3) is 0 Å². The van der Waals surface area contributed by atoms with Crippen LogP contribution in [0.2, 0.25) is 0 Å². The average molecular weight is 580 g/mol. The van der Waals surface area contributed by atoms with E-state index in [0.717, 1.165) is 99.5 Å². The summed E-state index contributed by atoms with van der Waals surface area (Å²) < 4.78 is 18.2. The van der Waals surface area contributed by atoms with E-state index in [-0.39, 0.29) is 0 Å². The molecule has 0 fully saturated rings. The molecule has 0 amide bonds. The Balaban J connectivity index is 1.07. The van der Waals surface area contributed by atoms with Gasteiger partial charge in [-0.05, 0) is 101 Å². The molecule has 10 aromatic rings. The molecule has 0 spiro atoms. The number of furan rings is 3. The molecule has 0 aliphatic carbocycles. The second-order valence-electron chi connectivity index (χ2n) is 11.3. The maximum absolute atomic E-state index is 6.26. The van der Waals surface area contributed by atoms with E-state index >= 15 is 0 Å². The maximum atomic E-state index is 6.26. The molecule has 210 valence electrons. The Kier molecular flexibility index (Phi) is 4.90. The second-order valence-corrected chi connectivity index (χ2v) is 11.3. The summed E-state index contributed by atoms with van der Waals surface area (Å²) in [6.45, 7) is 0. The lowest BCUT2D eigenvalue weighted by atomic mass is 9.98. The van der Waals surface area contributed by atoms with E-state index in [9.17, 15) is 0 Å². The third-order valence-electron chi connectivity index (χ3n) is 8.66. The number of nitrogens with zero attached hydrogens (tertiary/aromatic N) is 3. The van der Waals surface area contributed by atoms with Crippen molar-refractivity contribution in [2.24, 2.45) is 0 Å². The van der Waals surface area contributed by atoms with Gasteiger partial charge in [-0.3, -0.25) is 15.0 Å². The molecular formula is C39H21N3O3. The lowest BCUT2D eigenvalue weighted by molar-refractivity contribution is 0.668. The van der Waals surface area contributed by atoms with E-state index in [0.29, 0.717) is 0 Å². The van der Waals surface area contributed by atoms with Crippen LogP contribution >= 0.6 is 0 Å². The molecule has 6 aromatic heterocycles. The summed E-state index contributed by atoms with van der Waals surface area (Å²) >= 11 is 0. The van der Waals surface area contributed by atoms with Crippen molar-refractivity contribution in [2.45, 2.75) is 0 Å². The Bertz CT molecular complexity index is 2790. The van der Waals surface area contributed by atoms with Crippen molar-refractivity contribution in [3.8, 4) is 33.4 Å². The van der Waals surface area contributed by atoms with Crippen molar-refractivity contribution >= 4 is 66.1 Å². The fraction of sp³-hybridized carbons (Fsp3) is 0. The predicted molar refractivity (Wildman–Crippen MR) is 178 cm³/mol. The first-order chi connectivity index (χ1) is 22.2. The number of hydrogen-bond donors (Lipinski definition) is 0. The summed E-state index contributed by atoms with van der Waals surface area (Å²) in [7, 11) is 0. The molecule has 0 radical (unpaired) electrons. The lowest BCUT2D eigenvalue weighted by Crippen LogP contribution is -1.85. The van der Waals surface area contributed by atoms with Gasteiger partial charge in [-0.15, -0.1) is 0 Å². The van der Waals surface area contributed by atoms with Gasteiger partial charge in [-0.1, -0.05) is 24.3 Å². The molecule has 0 aliphatic rings. The van der Waals surface area contributed by atoms with Crippen molar-refractivity contribution in [2.75, 3.05) is 0 Å². The standard InChI is InChI=1S/C39H21N3O3/c1-3-36-38(41-13-1)30-18-23(6-11-34(30)44-36)22-5-9-32-28(16-22)29-17-24(7-10-33(29)43-32)26-15-27(21-40-20-26)25-8-12-35-31(19-25)39-37(45-35)4-2-14-42-39/h1-21H. The van der Waals surface area contributed by atoms with Gasteiger partial charge in [-0.2, -0.15) is 0 Å². The zero-order valence-electron chi connectivity index (χ0n) is 23.7. The van der Waals surface area contributed by atoms with Gasteiger partial charge in [0.05, 0.1) is 0 Å². The molecular weight excluding hydrogens is 558 g/mol. The topological polar surface area (TPSA) is 78.1 Å². The molecule has 6 heterocycles. The van der Waals surface area contributed by atoms with Crippen LogP contribution < -0.4 is 0 Å². The minimum Gasteiger partial charge on any atom is -0.456 e. The molecule has 0 unspecified atom stereocenters. The Hall–Kier alpha value is -6.27. The number of pyridine rings is 3. The van der Waals surface area contributed by atoms with E-state index in [1.165, 1.54) is 0 Å². The molecule has 0 saturated heterocycles. The highest BCUT2D eigenvalue weighted by atomic mass is 16.3. The van der Waals surface area contributed by atoms with Crippen LogP contribution in [0.15, 0.2) is 141 Å². The molecule has 4 aromatic carbocycles. The number of benzene rings is 4. The third kappa shape index (κ3) is 3.72. The summed E-state index contributed by atoms with van der Waals surface area (Å²) in [5.41, 5.74) is 13.0. The predicted octanol–water partition coefficient (Wildman–Crippen LogP) is 10.6. The molecule has 0 aliphatic heterocycles. The first kappa shape index (κ1) is 24.2. The Morgan fingerprint density at radius 2 is 0.756 bits per heavy atom. The van der Waals surface area contributed by atoms with Crippen molar-refractivity contribution in [1.82, 2.24) is 15.0 Å². The molecule has 0 bridgehead atoms. The molecule has 6 heteroatoms. The highest BCUT2D eigenvalue weighted by Crippen LogP contribution is 2.38.